The topological polar surface area (TPSA) is 70.8 Å². The number of piperazine rings is 1. The number of hydrogen-bond acceptors (Lipinski definition) is 5. The standard InChI is InChI=1S/C26H24N2O4S/c29-25-14-11-22-19-23(12-13-24(22)32-25)33(30,31)28-17-15-27(16-18-28)26(20-7-3-1-4-8-20)21-9-5-2-6-10-21/h1-14,19,26H,15-18H2. The molecule has 1 saturated heterocycles. The van der Waals surface area contributed by atoms with E-state index in [4.69, 9.17) is 4.42 Å². The lowest BCUT2D eigenvalue weighted by atomic mass is 9.96. The van der Waals surface area contributed by atoms with E-state index in [1.165, 1.54) is 27.6 Å². The fourth-order valence-corrected chi connectivity index (χ4v) is 5.90. The SMILES string of the molecule is O=c1ccc2cc(S(=O)(=O)N3CCN(C(c4ccccc4)c4ccccc4)CC3)ccc2o1. The lowest BCUT2D eigenvalue weighted by Crippen LogP contribution is -2.49. The van der Waals surface area contributed by atoms with Crippen LogP contribution in [0.3, 0.4) is 0 Å². The first-order valence-electron chi connectivity index (χ1n) is 10.9. The fraction of sp³-hybridized carbons (Fsp3) is 0.192. The number of benzene rings is 3. The van der Waals surface area contributed by atoms with Gasteiger partial charge in [-0.3, -0.25) is 4.90 Å². The van der Waals surface area contributed by atoms with E-state index >= 15 is 0 Å². The molecule has 0 saturated carbocycles. The highest BCUT2D eigenvalue weighted by atomic mass is 32.2. The van der Waals surface area contributed by atoms with Crippen molar-refractivity contribution in [2.45, 2.75) is 10.9 Å². The van der Waals surface area contributed by atoms with Crippen molar-refractivity contribution in [1.82, 2.24) is 9.21 Å². The Morgan fingerprint density at radius 2 is 1.33 bits per heavy atom. The summed E-state index contributed by atoms with van der Waals surface area (Å²) in [6, 6.07) is 28.2. The van der Waals surface area contributed by atoms with Crippen molar-refractivity contribution < 1.29 is 12.8 Å². The molecule has 0 amide bonds. The van der Waals surface area contributed by atoms with Crippen LogP contribution in [0.1, 0.15) is 17.2 Å². The van der Waals surface area contributed by atoms with Crippen LogP contribution in [0.2, 0.25) is 0 Å². The maximum absolute atomic E-state index is 13.3. The Balaban J connectivity index is 1.38. The minimum absolute atomic E-state index is 0.0702. The van der Waals surface area contributed by atoms with Crippen LogP contribution < -0.4 is 5.63 Å². The molecule has 0 atom stereocenters. The molecular weight excluding hydrogens is 436 g/mol. The van der Waals surface area contributed by atoms with Gasteiger partial charge in [0.05, 0.1) is 10.9 Å². The molecule has 0 unspecified atom stereocenters. The van der Waals surface area contributed by atoms with Crippen LogP contribution in [0.25, 0.3) is 11.0 Å². The van der Waals surface area contributed by atoms with Crippen LogP contribution in [0.15, 0.2) is 105 Å². The summed E-state index contributed by atoms with van der Waals surface area (Å²) < 4.78 is 33.3. The van der Waals surface area contributed by atoms with E-state index in [0.29, 0.717) is 37.1 Å². The molecule has 5 rings (SSSR count). The molecule has 2 heterocycles. The van der Waals surface area contributed by atoms with Gasteiger partial charge in [0.25, 0.3) is 0 Å². The van der Waals surface area contributed by atoms with Crippen molar-refractivity contribution in [3.05, 3.63) is 113 Å². The van der Waals surface area contributed by atoms with Gasteiger partial charge in [-0.2, -0.15) is 4.31 Å². The number of sulfonamides is 1. The minimum Gasteiger partial charge on any atom is -0.423 e. The Labute approximate surface area is 192 Å². The molecule has 168 valence electrons. The van der Waals surface area contributed by atoms with E-state index in [0.717, 1.165) is 0 Å². The lowest BCUT2D eigenvalue weighted by Gasteiger charge is -2.39. The first-order valence-corrected chi connectivity index (χ1v) is 12.3. The molecule has 6 nitrogen and oxygen atoms in total. The Bertz CT molecular complexity index is 1370. The smallest absolute Gasteiger partial charge is 0.336 e. The van der Waals surface area contributed by atoms with Crippen molar-refractivity contribution in [3.8, 4) is 0 Å². The third-order valence-corrected chi connectivity index (χ3v) is 7.99. The summed E-state index contributed by atoms with van der Waals surface area (Å²) in [5, 5.41) is 0.586. The van der Waals surface area contributed by atoms with Gasteiger partial charge in [0.15, 0.2) is 0 Å². The van der Waals surface area contributed by atoms with Crippen LogP contribution in [-0.4, -0.2) is 43.8 Å². The summed E-state index contributed by atoms with van der Waals surface area (Å²) in [6.07, 6.45) is 0. The van der Waals surface area contributed by atoms with Crippen molar-refractivity contribution in [1.29, 1.82) is 0 Å². The molecule has 1 fully saturated rings. The Kier molecular flexibility index (Phi) is 5.85. The van der Waals surface area contributed by atoms with Crippen molar-refractivity contribution >= 4 is 21.0 Å². The zero-order valence-corrected chi connectivity index (χ0v) is 18.8. The van der Waals surface area contributed by atoms with E-state index in [2.05, 4.69) is 29.2 Å². The predicted octanol–water partition coefficient (Wildman–Crippen LogP) is 3.89. The monoisotopic (exact) mass is 460 g/mol. The van der Waals surface area contributed by atoms with Gasteiger partial charge in [-0.25, -0.2) is 13.2 Å². The lowest BCUT2D eigenvalue weighted by molar-refractivity contribution is 0.156. The number of hydrogen-bond donors (Lipinski definition) is 0. The predicted molar refractivity (Wildman–Crippen MR) is 128 cm³/mol. The molecule has 0 aliphatic carbocycles. The molecule has 0 spiro atoms. The number of fused-ring (bicyclic) bond motifs is 1. The first-order chi connectivity index (χ1) is 16.0. The summed E-state index contributed by atoms with van der Waals surface area (Å²) in [5.74, 6) is 0. The first kappa shape index (κ1) is 21.6. The summed E-state index contributed by atoms with van der Waals surface area (Å²) in [7, 11) is -3.66. The fourth-order valence-electron chi connectivity index (χ4n) is 4.45. The second-order valence-corrected chi connectivity index (χ2v) is 10.1. The van der Waals surface area contributed by atoms with Gasteiger partial charge in [-0.15, -0.1) is 0 Å². The van der Waals surface area contributed by atoms with Crippen molar-refractivity contribution in [2.24, 2.45) is 0 Å². The van der Waals surface area contributed by atoms with Crippen LogP contribution in [-0.2, 0) is 10.0 Å². The van der Waals surface area contributed by atoms with E-state index in [1.807, 2.05) is 36.4 Å². The Morgan fingerprint density at radius 3 is 1.94 bits per heavy atom. The summed E-state index contributed by atoms with van der Waals surface area (Å²) in [5.41, 5.74) is 2.30. The molecule has 7 heteroatoms. The van der Waals surface area contributed by atoms with Crippen molar-refractivity contribution in [3.63, 3.8) is 0 Å². The van der Waals surface area contributed by atoms with Crippen LogP contribution in [0, 0.1) is 0 Å². The highest BCUT2D eigenvalue weighted by molar-refractivity contribution is 7.89. The van der Waals surface area contributed by atoms with Gasteiger partial charge in [-0.05, 0) is 35.4 Å². The van der Waals surface area contributed by atoms with Gasteiger partial charge >= 0.3 is 5.63 Å². The average Bonchev–Trinajstić information content (AvgIpc) is 2.85. The Morgan fingerprint density at radius 1 is 0.727 bits per heavy atom. The third-order valence-electron chi connectivity index (χ3n) is 6.10. The second-order valence-electron chi connectivity index (χ2n) is 8.12. The second kappa shape index (κ2) is 8.94. The number of nitrogens with zero attached hydrogens (tertiary/aromatic N) is 2. The maximum Gasteiger partial charge on any atom is 0.336 e. The highest BCUT2D eigenvalue weighted by Gasteiger charge is 2.32. The van der Waals surface area contributed by atoms with Gasteiger partial charge in [0, 0.05) is 37.6 Å². The van der Waals surface area contributed by atoms with Crippen LogP contribution in [0.4, 0.5) is 0 Å². The maximum atomic E-state index is 13.3. The highest BCUT2D eigenvalue weighted by Crippen LogP contribution is 2.30. The zero-order chi connectivity index (χ0) is 22.8. The van der Waals surface area contributed by atoms with Gasteiger partial charge in [0.1, 0.15) is 5.58 Å². The largest absolute Gasteiger partial charge is 0.423 e. The molecule has 4 aromatic rings. The van der Waals surface area contributed by atoms with Gasteiger partial charge in [0.2, 0.25) is 10.0 Å². The minimum atomic E-state index is -3.66. The van der Waals surface area contributed by atoms with E-state index in [-0.39, 0.29) is 10.9 Å². The van der Waals surface area contributed by atoms with Crippen molar-refractivity contribution in [2.75, 3.05) is 26.2 Å². The summed E-state index contributed by atoms with van der Waals surface area (Å²) in [4.78, 5) is 14.0. The van der Waals surface area contributed by atoms with E-state index in [9.17, 15) is 13.2 Å². The van der Waals surface area contributed by atoms with E-state index in [1.54, 1.807) is 18.2 Å². The van der Waals surface area contributed by atoms with Crippen LogP contribution in [0.5, 0.6) is 0 Å². The van der Waals surface area contributed by atoms with Gasteiger partial charge < -0.3 is 4.42 Å². The Hall–Kier alpha value is -3.26. The van der Waals surface area contributed by atoms with E-state index < -0.39 is 15.6 Å². The molecule has 1 aromatic heterocycles. The normalized spacial score (nSPS) is 15.8. The van der Waals surface area contributed by atoms with Crippen LogP contribution >= 0.6 is 0 Å². The summed E-state index contributed by atoms with van der Waals surface area (Å²) in [6.45, 7) is 2.05. The molecule has 3 aromatic carbocycles. The molecule has 33 heavy (non-hydrogen) atoms. The molecule has 0 N–H and O–H groups in total. The number of rotatable bonds is 5. The molecule has 1 aliphatic rings. The quantitative estimate of drug-likeness (QED) is 0.423. The molecular formula is C26H24N2O4S. The molecule has 1 aliphatic heterocycles. The zero-order valence-electron chi connectivity index (χ0n) is 18.0. The summed E-state index contributed by atoms with van der Waals surface area (Å²) >= 11 is 0. The third kappa shape index (κ3) is 4.35. The molecule has 0 bridgehead atoms. The van der Waals surface area contributed by atoms with Gasteiger partial charge in [-0.1, -0.05) is 60.7 Å². The average molecular weight is 461 g/mol. The molecule has 0 radical (unpaired) electrons.